The molecule has 1 atom stereocenters. The molecule has 0 amide bonds. The molecule has 2 rings (SSSR count). The molecule has 0 aliphatic carbocycles. The fraction of sp³-hybridized carbons (Fsp3) is 0.263. The van der Waals surface area contributed by atoms with Crippen molar-refractivity contribution in [3.05, 3.63) is 70.0 Å². The lowest BCUT2D eigenvalue weighted by atomic mass is 10.1. The summed E-state index contributed by atoms with van der Waals surface area (Å²) < 4.78 is 14.0. The fourth-order valence-electron chi connectivity index (χ4n) is 2.29. The monoisotopic (exact) mass is 486 g/mol. The smallest absolute Gasteiger partial charge is 0.192 e. The van der Waals surface area contributed by atoms with Crippen molar-refractivity contribution in [1.82, 2.24) is 10.6 Å². The predicted octanol–water partition coefficient (Wildman–Crippen LogP) is 4.79. The van der Waals surface area contributed by atoms with Crippen LogP contribution in [-0.4, -0.2) is 12.5 Å². The van der Waals surface area contributed by atoms with Crippen molar-refractivity contribution in [1.29, 1.82) is 5.26 Å². The fourth-order valence-corrected chi connectivity index (χ4v) is 2.49. The van der Waals surface area contributed by atoms with Crippen LogP contribution in [0.15, 0.2) is 47.5 Å². The van der Waals surface area contributed by atoms with E-state index >= 15 is 0 Å². The van der Waals surface area contributed by atoms with E-state index in [0.29, 0.717) is 28.7 Å². The molecule has 0 saturated heterocycles. The average Bonchev–Trinajstić information content (AvgIpc) is 2.60. The van der Waals surface area contributed by atoms with Gasteiger partial charge in [-0.15, -0.1) is 24.0 Å². The third-order valence-electron chi connectivity index (χ3n) is 3.64. The van der Waals surface area contributed by atoms with Crippen molar-refractivity contribution in [2.75, 3.05) is 6.54 Å². The van der Waals surface area contributed by atoms with Crippen LogP contribution in [0.1, 0.15) is 36.6 Å². The molecule has 0 bridgehead atoms. The van der Waals surface area contributed by atoms with Crippen LogP contribution < -0.4 is 10.6 Å². The molecule has 138 valence electrons. The first-order valence-corrected chi connectivity index (χ1v) is 8.40. The van der Waals surface area contributed by atoms with Crippen LogP contribution in [0, 0.1) is 17.1 Å². The Morgan fingerprint density at radius 3 is 2.69 bits per heavy atom. The van der Waals surface area contributed by atoms with E-state index in [2.05, 4.69) is 15.6 Å². The molecule has 0 heterocycles. The Kier molecular flexibility index (Phi) is 9.38. The zero-order valence-electron chi connectivity index (χ0n) is 14.6. The Morgan fingerprint density at radius 1 is 1.31 bits per heavy atom. The van der Waals surface area contributed by atoms with E-state index in [1.807, 2.05) is 44.2 Å². The standard InChI is InChI=1S/C19H20ClFN4.HI/c1-3-23-19(25-13(2)15-5-4-6-17(20)10-15)24-12-16-8-7-14(11-22)9-18(16)21;/h4-10,13H,3,12H2,1-2H3,(H2,23,24,25);1H. The van der Waals surface area contributed by atoms with Crippen LogP contribution in [0.4, 0.5) is 4.39 Å². The van der Waals surface area contributed by atoms with Crippen LogP contribution in [0.5, 0.6) is 0 Å². The highest BCUT2D eigenvalue weighted by molar-refractivity contribution is 14.0. The van der Waals surface area contributed by atoms with Gasteiger partial charge in [-0.3, -0.25) is 0 Å². The molecule has 2 N–H and O–H groups in total. The number of hydrogen-bond acceptors (Lipinski definition) is 2. The number of nitriles is 1. The highest BCUT2D eigenvalue weighted by Crippen LogP contribution is 2.17. The Hall–Kier alpha value is -1.85. The zero-order valence-corrected chi connectivity index (χ0v) is 17.7. The molecule has 0 aromatic heterocycles. The minimum atomic E-state index is -0.429. The second-order valence-electron chi connectivity index (χ2n) is 5.53. The maximum Gasteiger partial charge on any atom is 0.192 e. The Morgan fingerprint density at radius 2 is 2.08 bits per heavy atom. The summed E-state index contributed by atoms with van der Waals surface area (Å²) in [6.07, 6.45) is 0. The quantitative estimate of drug-likeness (QED) is 0.363. The van der Waals surface area contributed by atoms with E-state index in [-0.39, 0.29) is 36.6 Å². The van der Waals surface area contributed by atoms with Gasteiger partial charge in [0.05, 0.1) is 24.2 Å². The Bertz CT molecular complexity index is 804. The number of guanidine groups is 1. The third-order valence-corrected chi connectivity index (χ3v) is 3.87. The highest BCUT2D eigenvalue weighted by atomic mass is 127. The molecule has 4 nitrogen and oxygen atoms in total. The predicted molar refractivity (Wildman–Crippen MR) is 114 cm³/mol. The molecule has 1 unspecified atom stereocenters. The third kappa shape index (κ3) is 6.46. The van der Waals surface area contributed by atoms with Crippen molar-refractivity contribution >= 4 is 41.5 Å². The van der Waals surface area contributed by atoms with E-state index in [4.69, 9.17) is 16.9 Å². The van der Waals surface area contributed by atoms with Gasteiger partial charge in [0.2, 0.25) is 0 Å². The summed E-state index contributed by atoms with van der Waals surface area (Å²) in [5.74, 6) is 0.153. The summed E-state index contributed by atoms with van der Waals surface area (Å²) >= 11 is 6.03. The molecule has 2 aromatic carbocycles. The number of halogens is 3. The van der Waals surface area contributed by atoms with Crippen LogP contribution in [0.2, 0.25) is 5.02 Å². The summed E-state index contributed by atoms with van der Waals surface area (Å²) in [4.78, 5) is 4.43. The molecule has 0 saturated carbocycles. The maximum atomic E-state index is 14.0. The van der Waals surface area contributed by atoms with Gasteiger partial charge in [0.15, 0.2) is 5.96 Å². The molecule has 2 aromatic rings. The highest BCUT2D eigenvalue weighted by Gasteiger charge is 2.09. The van der Waals surface area contributed by atoms with Crippen molar-refractivity contribution in [3.8, 4) is 6.07 Å². The lowest BCUT2D eigenvalue weighted by Gasteiger charge is -2.18. The maximum absolute atomic E-state index is 14.0. The van der Waals surface area contributed by atoms with Crippen molar-refractivity contribution in [2.45, 2.75) is 26.4 Å². The van der Waals surface area contributed by atoms with Gasteiger partial charge in [0.1, 0.15) is 5.82 Å². The first kappa shape index (κ1) is 22.2. The van der Waals surface area contributed by atoms with Gasteiger partial charge >= 0.3 is 0 Å². The first-order valence-electron chi connectivity index (χ1n) is 8.02. The minimum absolute atomic E-state index is 0. The van der Waals surface area contributed by atoms with Crippen LogP contribution in [0.25, 0.3) is 0 Å². The molecule has 0 fully saturated rings. The van der Waals surface area contributed by atoms with E-state index in [9.17, 15) is 4.39 Å². The summed E-state index contributed by atoms with van der Waals surface area (Å²) in [5, 5.41) is 15.9. The number of rotatable bonds is 5. The summed E-state index contributed by atoms with van der Waals surface area (Å²) in [7, 11) is 0. The van der Waals surface area contributed by atoms with Gasteiger partial charge in [-0.25, -0.2) is 9.38 Å². The minimum Gasteiger partial charge on any atom is -0.357 e. The SMILES string of the molecule is CCNC(=NCc1ccc(C#N)cc1F)NC(C)c1cccc(Cl)c1.I. The number of nitrogens with one attached hydrogen (secondary N) is 2. The average molecular weight is 487 g/mol. The number of benzene rings is 2. The van der Waals surface area contributed by atoms with Crippen molar-refractivity contribution in [2.24, 2.45) is 4.99 Å². The van der Waals surface area contributed by atoms with E-state index in [1.165, 1.54) is 6.07 Å². The van der Waals surface area contributed by atoms with Crippen molar-refractivity contribution in [3.63, 3.8) is 0 Å². The molecule has 0 aliphatic rings. The largest absolute Gasteiger partial charge is 0.357 e. The summed E-state index contributed by atoms with van der Waals surface area (Å²) in [6.45, 7) is 4.82. The van der Waals surface area contributed by atoms with Crippen LogP contribution >= 0.6 is 35.6 Å². The first-order chi connectivity index (χ1) is 12.0. The van der Waals surface area contributed by atoms with Gasteiger partial charge < -0.3 is 10.6 Å². The topological polar surface area (TPSA) is 60.2 Å². The Labute approximate surface area is 175 Å². The van der Waals surface area contributed by atoms with E-state index in [1.54, 1.807) is 12.1 Å². The second kappa shape index (κ2) is 11.0. The number of nitrogens with zero attached hydrogens (tertiary/aromatic N) is 2. The lowest BCUT2D eigenvalue weighted by molar-refractivity contribution is 0.609. The van der Waals surface area contributed by atoms with Gasteiger partial charge in [-0.05, 0) is 43.7 Å². The van der Waals surface area contributed by atoms with Gasteiger partial charge in [0, 0.05) is 17.1 Å². The molecular weight excluding hydrogens is 466 g/mol. The molecule has 26 heavy (non-hydrogen) atoms. The normalized spacial score (nSPS) is 11.9. The molecule has 0 spiro atoms. The molecule has 0 radical (unpaired) electrons. The number of hydrogen-bond donors (Lipinski definition) is 2. The van der Waals surface area contributed by atoms with Gasteiger partial charge in [0.25, 0.3) is 0 Å². The molecule has 0 aliphatic heterocycles. The van der Waals surface area contributed by atoms with E-state index in [0.717, 1.165) is 5.56 Å². The molecule has 7 heteroatoms. The summed E-state index contributed by atoms with van der Waals surface area (Å²) in [6, 6.07) is 13.9. The Balaban J connectivity index is 0.00000338. The zero-order chi connectivity index (χ0) is 18.2. The van der Waals surface area contributed by atoms with Crippen molar-refractivity contribution < 1.29 is 4.39 Å². The van der Waals surface area contributed by atoms with Crippen LogP contribution in [-0.2, 0) is 6.54 Å². The van der Waals surface area contributed by atoms with Gasteiger partial charge in [-0.1, -0.05) is 29.8 Å². The molecular formula is C19H21ClFIN4. The second-order valence-corrected chi connectivity index (χ2v) is 5.97. The van der Waals surface area contributed by atoms with Gasteiger partial charge in [-0.2, -0.15) is 5.26 Å². The van der Waals surface area contributed by atoms with E-state index < -0.39 is 5.82 Å². The summed E-state index contributed by atoms with van der Waals surface area (Å²) in [5.41, 5.74) is 1.76. The number of aliphatic imine (C=N–C) groups is 1. The van der Waals surface area contributed by atoms with Crippen LogP contribution in [0.3, 0.4) is 0 Å². The lowest BCUT2D eigenvalue weighted by Crippen LogP contribution is -2.38.